The van der Waals surface area contributed by atoms with E-state index in [-0.39, 0.29) is 13.0 Å². The van der Waals surface area contributed by atoms with Crippen LogP contribution < -0.4 is 0 Å². The molecular weight excluding hydrogens is 703 g/mol. The Morgan fingerprint density at radius 3 is 1.53 bits per heavy atom. The van der Waals surface area contributed by atoms with Crippen molar-refractivity contribution >= 4 is 13.8 Å². The maximum atomic E-state index is 12.8. The van der Waals surface area contributed by atoms with Crippen LogP contribution in [0.5, 0.6) is 0 Å². The molecular formula is C40H77O12P. The van der Waals surface area contributed by atoms with Crippen molar-refractivity contribution in [1.29, 1.82) is 0 Å². The van der Waals surface area contributed by atoms with Gasteiger partial charge in [0, 0.05) is 13.0 Å². The molecule has 0 radical (unpaired) electrons. The van der Waals surface area contributed by atoms with Crippen molar-refractivity contribution in [3.8, 4) is 0 Å². The molecule has 0 heterocycles. The Balaban J connectivity index is 2.44. The lowest BCUT2D eigenvalue weighted by Crippen LogP contribution is -2.64. The van der Waals surface area contributed by atoms with Crippen molar-refractivity contribution in [1.82, 2.24) is 0 Å². The summed E-state index contributed by atoms with van der Waals surface area (Å²) in [6.45, 7) is 4.22. The minimum atomic E-state index is -5.01. The number of phosphoric ester groups is 1. The highest BCUT2D eigenvalue weighted by Gasteiger charge is 2.51. The van der Waals surface area contributed by atoms with Gasteiger partial charge in [-0.2, -0.15) is 0 Å². The molecule has 0 saturated heterocycles. The van der Waals surface area contributed by atoms with Crippen molar-refractivity contribution in [3.63, 3.8) is 0 Å². The monoisotopic (exact) mass is 781 g/mol. The molecule has 0 aliphatic heterocycles. The highest BCUT2D eigenvalue weighted by Crippen LogP contribution is 2.47. The largest absolute Gasteiger partial charge is 0.472 e. The van der Waals surface area contributed by atoms with Gasteiger partial charge < -0.3 is 39.9 Å². The number of carbonyl (C=O) groups is 1. The fraction of sp³-hybridized carbons (Fsp3) is 0.925. The number of aliphatic hydroxyl groups is 5. The average Bonchev–Trinajstić information content (AvgIpc) is 3.14. The summed E-state index contributed by atoms with van der Waals surface area (Å²) in [5.41, 5.74) is 0. The lowest BCUT2D eigenvalue weighted by atomic mass is 9.85. The normalized spacial score (nSPS) is 23.7. The molecule has 0 bridgehead atoms. The van der Waals surface area contributed by atoms with Crippen LogP contribution in [0, 0.1) is 0 Å². The highest BCUT2D eigenvalue weighted by atomic mass is 31.2. The summed E-state index contributed by atoms with van der Waals surface area (Å²) >= 11 is 0. The van der Waals surface area contributed by atoms with Crippen molar-refractivity contribution in [2.24, 2.45) is 0 Å². The molecule has 0 aromatic rings. The zero-order valence-electron chi connectivity index (χ0n) is 33.1. The van der Waals surface area contributed by atoms with Crippen molar-refractivity contribution in [2.45, 2.75) is 217 Å². The van der Waals surface area contributed by atoms with Gasteiger partial charge in [0.2, 0.25) is 0 Å². The molecule has 1 aliphatic rings. The summed E-state index contributed by atoms with van der Waals surface area (Å²) in [4.78, 5) is 23.0. The number of rotatable bonds is 35. The highest BCUT2D eigenvalue weighted by molar-refractivity contribution is 7.47. The van der Waals surface area contributed by atoms with Gasteiger partial charge in [0.15, 0.2) is 0 Å². The van der Waals surface area contributed by atoms with Gasteiger partial charge in [-0.1, -0.05) is 142 Å². The van der Waals surface area contributed by atoms with Gasteiger partial charge in [-0.15, -0.1) is 0 Å². The van der Waals surface area contributed by atoms with Gasteiger partial charge in [-0.05, 0) is 38.5 Å². The van der Waals surface area contributed by atoms with Crippen molar-refractivity contribution in [3.05, 3.63) is 12.2 Å². The Bertz CT molecular complexity index is 937. The number of unbranched alkanes of at least 4 members (excludes halogenated alkanes) is 21. The molecule has 12 nitrogen and oxygen atoms in total. The predicted octanol–water partition coefficient (Wildman–Crippen LogP) is 7.58. The Kier molecular flexibility index (Phi) is 30.4. The molecule has 53 heavy (non-hydrogen) atoms. The molecule has 6 unspecified atom stereocenters. The number of hydrogen-bond acceptors (Lipinski definition) is 11. The molecule has 1 fully saturated rings. The van der Waals surface area contributed by atoms with Crippen LogP contribution in [-0.2, 0) is 27.9 Å². The topological polar surface area (TPSA) is 192 Å². The summed E-state index contributed by atoms with van der Waals surface area (Å²) in [5.74, 6) is -0.479. The average molecular weight is 781 g/mol. The molecule has 13 heteroatoms. The lowest BCUT2D eigenvalue weighted by Gasteiger charge is -2.41. The number of allylic oxidation sites excluding steroid dienone is 2. The number of esters is 1. The fourth-order valence-corrected chi connectivity index (χ4v) is 7.44. The van der Waals surface area contributed by atoms with E-state index in [9.17, 15) is 39.8 Å². The van der Waals surface area contributed by atoms with E-state index < -0.39 is 63.1 Å². The SMILES string of the molecule is CCCCC/C=C\CCCCCCCCOCC(COP(=O)(O)OC1C(O)C(O)C(O)C(O)C1O)OC(=O)CCCCCCCCCCCCCCC. The third-order valence-electron chi connectivity index (χ3n) is 9.89. The Hall–Kier alpha value is -0.920. The summed E-state index contributed by atoms with van der Waals surface area (Å²) in [7, 11) is -5.01. The second-order valence-corrected chi connectivity index (χ2v) is 16.3. The molecule has 0 aromatic heterocycles. The molecule has 1 aliphatic carbocycles. The third kappa shape index (κ3) is 25.1. The first-order valence-electron chi connectivity index (χ1n) is 21.0. The number of carbonyl (C=O) groups excluding carboxylic acids is 1. The van der Waals surface area contributed by atoms with Crippen LogP contribution in [0.3, 0.4) is 0 Å². The van der Waals surface area contributed by atoms with Crippen LogP contribution in [0.25, 0.3) is 0 Å². The number of phosphoric acid groups is 1. The van der Waals surface area contributed by atoms with E-state index in [2.05, 4.69) is 26.0 Å². The molecule has 0 amide bonds. The third-order valence-corrected chi connectivity index (χ3v) is 10.9. The van der Waals surface area contributed by atoms with E-state index in [4.69, 9.17) is 18.5 Å². The quantitative estimate of drug-likeness (QED) is 0.0160. The number of hydrogen-bond donors (Lipinski definition) is 6. The van der Waals surface area contributed by atoms with E-state index in [1.807, 2.05) is 0 Å². The molecule has 6 atom stereocenters. The Morgan fingerprint density at radius 2 is 1.00 bits per heavy atom. The second kappa shape index (κ2) is 32.2. The molecule has 0 aromatic carbocycles. The summed E-state index contributed by atoms with van der Waals surface area (Å²) in [5, 5.41) is 50.0. The van der Waals surface area contributed by atoms with Crippen LogP contribution in [0.15, 0.2) is 12.2 Å². The van der Waals surface area contributed by atoms with E-state index in [0.717, 1.165) is 51.4 Å². The minimum Gasteiger partial charge on any atom is -0.457 e. The van der Waals surface area contributed by atoms with Gasteiger partial charge >= 0.3 is 13.8 Å². The molecule has 1 rings (SSSR count). The van der Waals surface area contributed by atoms with Crippen molar-refractivity contribution < 1.29 is 58.3 Å². The van der Waals surface area contributed by atoms with Crippen LogP contribution in [-0.4, -0.2) is 98.9 Å². The smallest absolute Gasteiger partial charge is 0.457 e. The molecule has 6 N–H and O–H groups in total. The summed E-state index contributed by atoms with van der Waals surface area (Å²) in [6, 6.07) is 0. The van der Waals surface area contributed by atoms with E-state index in [1.54, 1.807) is 0 Å². The zero-order chi connectivity index (χ0) is 39.2. The Labute approximate surface area is 320 Å². The minimum absolute atomic E-state index is 0.0762. The molecule has 1 saturated carbocycles. The molecule has 0 spiro atoms. The first-order chi connectivity index (χ1) is 25.5. The Morgan fingerprint density at radius 1 is 0.585 bits per heavy atom. The van der Waals surface area contributed by atoms with E-state index in [0.29, 0.717) is 13.0 Å². The first kappa shape index (κ1) is 50.1. The number of aliphatic hydroxyl groups excluding tert-OH is 5. The maximum Gasteiger partial charge on any atom is 0.472 e. The van der Waals surface area contributed by atoms with Crippen LogP contribution in [0.4, 0.5) is 0 Å². The van der Waals surface area contributed by atoms with Gasteiger partial charge in [-0.25, -0.2) is 4.57 Å². The predicted molar refractivity (Wildman–Crippen MR) is 207 cm³/mol. The maximum absolute atomic E-state index is 12.8. The van der Waals surface area contributed by atoms with Crippen LogP contribution in [0.1, 0.15) is 174 Å². The summed E-state index contributed by atoms with van der Waals surface area (Å²) < 4.78 is 34.0. The van der Waals surface area contributed by atoms with Gasteiger partial charge in [0.1, 0.15) is 42.7 Å². The van der Waals surface area contributed by atoms with Crippen LogP contribution >= 0.6 is 7.82 Å². The second-order valence-electron chi connectivity index (χ2n) is 14.8. The van der Waals surface area contributed by atoms with Gasteiger partial charge in [0.25, 0.3) is 0 Å². The standard InChI is InChI=1S/C40H77O12P/c1-3-5-7-9-11-13-15-17-19-21-23-25-27-29-34(41)51-33(31-49-30-28-26-24-22-20-18-16-14-12-10-8-6-4-2)32-50-53(47,48)52-40-38(45)36(43)35(42)37(44)39(40)46/h12,14,33,35-40,42-46H,3-11,13,15-32H2,1-2H3,(H,47,48)/b14-12-. The van der Waals surface area contributed by atoms with E-state index in [1.165, 1.54) is 96.3 Å². The zero-order valence-corrected chi connectivity index (χ0v) is 34.0. The fourth-order valence-electron chi connectivity index (χ4n) is 6.47. The van der Waals surface area contributed by atoms with Gasteiger partial charge in [-0.3, -0.25) is 13.8 Å². The van der Waals surface area contributed by atoms with Crippen LogP contribution in [0.2, 0.25) is 0 Å². The summed E-state index contributed by atoms with van der Waals surface area (Å²) in [6.07, 6.45) is 20.0. The first-order valence-corrected chi connectivity index (χ1v) is 22.5. The lowest BCUT2D eigenvalue weighted by molar-refractivity contribution is -0.220. The number of ether oxygens (including phenoxy) is 2. The van der Waals surface area contributed by atoms with Crippen molar-refractivity contribution in [2.75, 3.05) is 19.8 Å². The van der Waals surface area contributed by atoms with E-state index >= 15 is 0 Å². The molecule has 314 valence electrons. The van der Waals surface area contributed by atoms with Gasteiger partial charge in [0.05, 0.1) is 13.2 Å².